The summed E-state index contributed by atoms with van der Waals surface area (Å²) in [7, 11) is -4.86. The predicted molar refractivity (Wildman–Crippen MR) is 278 cm³/mol. The molecule has 0 radical (unpaired) electrons. The Morgan fingerprint density at radius 1 is 0.394 bits per heavy atom. The summed E-state index contributed by atoms with van der Waals surface area (Å²) in [6, 6.07) is 13.5. The van der Waals surface area contributed by atoms with Gasteiger partial charge >= 0.3 is 12.4 Å². The number of hydrogen-bond donors (Lipinski definition) is 0. The summed E-state index contributed by atoms with van der Waals surface area (Å²) < 4.78 is 92.2. The van der Waals surface area contributed by atoms with Crippen LogP contribution in [0.3, 0.4) is 0 Å². The second-order valence-corrected chi connectivity index (χ2v) is 32.3. The van der Waals surface area contributed by atoms with Crippen LogP contribution in [0.15, 0.2) is 48.5 Å². The molecule has 66 heavy (non-hydrogen) atoms. The van der Waals surface area contributed by atoms with Crippen molar-refractivity contribution in [2.45, 2.75) is 207 Å². The zero-order valence-electron chi connectivity index (χ0n) is 42.4. The van der Waals surface area contributed by atoms with Crippen molar-refractivity contribution in [3.63, 3.8) is 0 Å². The number of halogens is 6. The number of rotatable bonds is 16. The van der Waals surface area contributed by atoms with Crippen molar-refractivity contribution in [3.8, 4) is 22.9 Å². The molecule has 0 bridgehead atoms. The molecule has 0 nitrogen and oxygen atoms in total. The first-order valence-electron chi connectivity index (χ1n) is 25.0. The topological polar surface area (TPSA) is 0 Å². The molecule has 8 heteroatoms. The van der Waals surface area contributed by atoms with Gasteiger partial charge in [-0.15, -0.1) is 11.1 Å². The lowest BCUT2D eigenvalue weighted by atomic mass is 9.86. The minimum atomic E-state index is -4.62. The van der Waals surface area contributed by atoms with Crippen molar-refractivity contribution in [3.05, 3.63) is 81.9 Å². The molecular formula is C58H76F6Si2. The van der Waals surface area contributed by atoms with Gasteiger partial charge < -0.3 is 0 Å². The van der Waals surface area contributed by atoms with Crippen LogP contribution in [0.5, 0.6) is 0 Å². The zero-order chi connectivity index (χ0) is 49.1. The second-order valence-electron chi connectivity index (χ2n) is 21.2. The molecule has 0 fully saturated rings. The molecule has 0 aliphatic carbocycles. The lowest BCUT2D eigenvalue weighted by molar-refractivity contribution is -0.137. The summed E-state index contributed by atoms with van der Waals surface area (Å²) in [4.78, 5) is 0. The fourth-order valence-corrected chi connectivity index (χ4v) is 22.2. The molecule has 0 amide bonds. The molecule has 0 aliphatic rings. The van der Waals surface area contributed by atoms with E-state index in [1.807, 2.05) is 24.3 Å². The number of alkyl halides is 6. The van der Waals surface area contributed by atoms with E-state index in [0.29, 0.717) is 67.4 Å². The average molecular weight is 943 g/mol. The summed E-state index contributed by atoms with van der Waals surface area (Å²) in [5.41, 5.74) is 10.4. The van der Waals surface area contributed by atoms with Gasteiger partial charge in [-0.05, 0) is 150 Å². The first-order valence-corrected chi connectivity index (χ1v) is 29.5. The van der Waals surface area contributed by atoms with Crippen molar-refractivity contribution >= 4 is 59.2 Å². The normalized spacial score (nSPS) is 13.1. The fourth-order valence-electron chi connectivity index (χ4n) is 11.8. The third-order valence-corrected chi connectivity index (χ3v) is 27.7. The highest BCUT2D eigenvalue weighted by atomic mass is 28.3. The highest BCUT2D eigenvalue weighted by molar-refractivity contribution is 6.91. The first kappa shape index (κ1) is 53.2. The van der Waals surface area contributed by atoms with E-state index in [-0.39, 0.29) is 44.0 Å². The molecule has 0 aromatic heterocycles. The second kappa shape index (κ2) is 21.3. The highest BCUT2D eigenvalue weighted by Crippen LogP contribution is 2.46. The molecule has 5 aromatic rings. The van der Waals surface area contributed by atoms with Gasteiger partial charge in [0, 0.05) is 11.1 Å². The maximum absolute atomic E-state index is 15.4. The van der Waals surface area contributed by atoms with Crippen molar-refractivity contribution in [2.75, 3.05) is 0 Å². The van der Waals surface area contributed by atoms with Crippen molar-refractivity contribution in [1.82, 2.24) is 0 Å². The van der Waals surface area contributed by atoms with Crippen LogP contribution in [-0.2, 0) is 25.2 Å². The van der Waals surface area contributed by atoms with E-state index in [0.717, 1.165) is 51.4 Å². The van der Waals surface area contributed by atoms with Gasteiger partial charge in [0.05, 0.1) is 11.1 Å². The Labute approximate surface area is 395 Å². The molecule has 0 saturated heterocycles. The zero-order valence-corrected chi connectivity index (χ0v) is 44.4. The monoisotopic (exact) mass is 943 g/mol. The SMILES string of the molecule is CCCCCCc1cc(C(F)(F)F)c2cc3c(C#C[Si](C(C)C)(C(C)C)C(C)C)c4cc5cc(CCCCCC)cc(C(F)(F)F)c5cc4c(C#C[Si](C(C)C)(C(C)C)C(C)C)c3cc2c1. The highest BCUT2D eigenvalue weighted by Gasteiger charge is 2.43. The minimum absolute atomic E-state index is 0.0958. The van der Waals surface area contributed by atoms with Crippen LogP contribution in [0.4, 0.5) is 26.3 Å². The van der Waals surface area contributed by atoms with Gasteiger partial charge in [0.1, 0.15) is 16.1 Å². The molecule has 5 aromatic carbocycles. The van der Waals surface area contributed by atoms with E-state index in [4.69, 9.17) is 0 Å². The molecule has 0 aliphatic heterocycles. The summed E-state index contributed by atoms with van der Waals surface area (Å²) in [6.45, 7) is 30.9. The molecule has 0 heterocycles. The standard InChI is InChI=1S/C58H76F6Si2/c1-15-17-19-21-23-43-29-45-33-51-47(25-27-65(37(3)4,38(5)6)39(7)8)54-36-50-46(30-44(24-22-20-18-16-2)32-56(50)58(62,63)64)34-52(54)48(26-28-66(40(9)10,41(11)12)42(13)14)53(51)35-49(45)55(31-43)57(59,60)61/h29-42H,15-24H2,1-14H3. The summed E-state index contributed by atoms with van der Waals surface area (Å²) >= 11 is 0. The van der Waals surface area contributed by atoms with Crippen LogP contribution in [0.1, 0.15) is 182 Å². The lowest BCUT2D eigenvalue weighted by Gasteiger charge is -2.38. The van der Waals surface area contributed by atoms with Crippen LogP contribution >= 0.6 is 0 Å². The smallest absolute Gasteiger partial charge is 0.166 e. The Bertz CT molecular complexity index is 2410. The van der Waals surface area contributed by atoms with Gasteiger partial charge in [-0.25, -0.2) is 0 Å². The molecule has 0 unspecified atom stereocenters. The Kier molecular flexibility index (Phi) is 17.2. The Balaban J connectivity index is 2.13. The van der Waals surface area contributed by atoms with Crippen LogP contribution in [0.2, 0.25) is 33.2 Å². The van der Waals surface area contributed by atoms with E-state index >= 15 is 26.3 Å². The minimum Gasteiger partial charge on any atom is -0.166 e. The Morgan fingerprint density at radius 2 is 0.697 bits per heavy atom. The van der Waals surface area contributed by atoms with Gasteiger partial charge in [-0.2, -0.15) is 26.3 Å². The van der Waals surface area contributed by atoms with Gasteiger partial charge in [-0.3, -0.25) is 0 Å². The van der Waals surface area contributed by atoms with Crippen LogP contribution in [-0.4, -0.2) is 16.1 Å². The van der Waals surface area contributed by atoms with E-state index in [1.54, 1.807) is 12.1 Å². The van der Waals surface area contributed by atoms with Crippen molar-refractivity contribution in [2.24, 2.45) is 0 Å². The van der Waals surface area contributed by atoms with Gasteiger partial charge in [0.2, 0.25) is 0 Å². The lowest BCUT2D eigenvalue weighted by Crippen LogP contribution is -2.43. The third kappa shape index (κ3) is 10.8. The van der Waals surface area contributed by atoms with E-state index in [9.17, 15) is 0 Å². The maximum Gasteiger partial charge on any atom is 0.417 e. The molecule has 0 atom stereocenters. The molecular weight excluding hydrogens is 867 g/mol. The third-order valence-electron chi connectivity index (χ3n) is 15.2. The average Bonchev–Trinajstić information content (AvgIpc) is 3.21. The number of fused-ring (bicyclic) bond motifs is 4. The first-order chi connectivity index (χ1) is 30.9. The molecule has 0 spiro atoms. The summed E-state index contributed by atoms with van der Waals surface area (Å²) in [5, 5.41) is 3.47. The number of benzene rings is 5. The van der Waals surface area contributed by atoms with Crippen molar-refractivity contribution < 1.29 is 26.3 Å². The Morgan fingerprint density at radius 3 is 0.970 bits per heavy atom. The molecule has 0 N–H and O–H groups in total. The van der Waals surface area contributed by atoms with E-state index in [1.165, 1.54) is 12.1 Å². The van der Waals surface area contributed by atoms with Crippen LogP contribution in [0.25, 0.3) is 43.1 Å². The largest absolute Gasteiger partial charge is 0.417 e. The predicted octanol–water partition coefficient (Wildman–Crippen LogP) is 19.7. The molecule has 5 rings (SSSR count). The molecule has 0 saturated carbocycles. The number of unbranched alkanes of at least 4 members (excludes halogenated alkanes) is 6. The van der Waals surface area contributed by atoms with E-state index in [2.05, 4.69) is 120 Å². The van der Waals surface area contributed by atoms with E-state index < -0.39 is 39.6 Å². The maximum atomic E-state index is 15.4. The van der Waals surface area contributed by atoms with Crippen LogP contribution < -0.4 is 0 Å². The summed E-state index contributed by atoms with van der Waals surface area (Å²) in [6.07, 6.45) is -0.749. The number of aryl methyl sites for hydroxylation is 2. The van der Waals surface area contributed by atoms with Gasteiger partial charge in [0.25, 0.3) is 0 Å². The number of hydrogen-bond acceptors (Lipinski definition) is 0. The quantitative estimate of drug-likeness (QED) is 0.0304. The van der Waals surface area contributed by atoms with Gasteiger partial charge in [0.15, 0.2) is 0 Å². The molecule has 358 valence electrons. The van der Waals surface area contributed by atoms with Crippen LogP contribution in [0, 0.1) is 22.9 Å². The van der Waals surface area contributed by atoms with Crippen molar-refractivity contribution in [1.29, 1.82) is 0 Å². The Hall–Kier alpha value is -3.73. The summed E-state index contributed by atoms with van der Waals surface area (Å²) in [5.74, 6) is 7.37. The fraction of sp³-hybridized carbons (Fsp3) is 0.552. The van der Waals surface area contributed by atoms with Gasteiger partial charge in [-0.1, -0.05) is 159 Å².